The van der Waals surface area contributed by atoms with Crippen molar-refractivity contribution >= 4 is 5.91 Å². The first-order valence-corrected chi connectivity index (χ1v) is 8.73. The first-order valence-electron chi connectivity index (χ1n) is 8.73. The molecule has 0 unspecified atom stereocenters. The second kappa shape index (κ2) is 7.02. The average molecular weight is 316 g/mol. The summed E-state index contributed by atoms with van der Waals surface area (Å²) in [7, 11) is 3.53. The van der Waals surface area contributed by atoms with Crippen LogP contribution in [0.2, 0.25) is 0 Å². The summed E-state index contributed by atoms with van der Waals surface area (Å²) in [6, 6.07) is 7.99. The Morgan fingerprint density at radius 2 is 2.04 bits per heavy atom. The lowest BCUT2D eigenvalue weighted by atomic mass is 9.76. The van der Waals surface area contributed by atoms with Gasteiger partial charge in [0.15, 0.2) is 0 Å². The van der Waals surface area contributed by atoms with Crippen molar-refractivity contribution < 1.29 is 9.53 Å². The number of hydrogen-bond donors (Lipinski definition) is 1. The zero-order valence-electron chi connectivity index (χ0n) is 14.3. The van der Waals surface area contributed by atoms with E-state index in [0.717, 1.165) is 25.2 Å². The molecule has 1 saturated carbocycles. The number of nitrogens with one attached hydrogen (secondary N) is 1. The van der Waals surface area contributed by atoms with E-state index in [4.69, 9.17) is 4.74 Å². The second-order valence-electron chi connectivity index (χ2n) is 7.07. The summed E-state index contributed by atoms with van der Waals surface area (Å²) >= 11 is 0. The van der Waals surface area contributed by atoms with Gasteiger partial charge in [-0.25, -0.2) is 0 Å². The highest BCUT2D eigenvalue weighted by molar-refractivity contribution is 5.93. The van der Waals surface area contributed by atoms with Crippen molar-refractivity contribution in [2.75, 3.05) is 27.2 Å². The van der Waals surface area contributed by atoms with Gasteiger partial charge in [-0.15, -0.1) is 0 Å². The molecule has 1 aromatic rings. The van der Waals surface area contributed by atoms with Crippen LogP contribution in [0.1, 0.15) is 48.0 Å². The van der Waals surface area contributed by atoms with Gasteiger partial charge < -0.3 is 10.1 Å². The third-order valence-corrected chi connectivity index (χ3v) is 5.65. The Bertz CT molecular complexity index is 543. The highest BCUT2D eigenvalue weighted by Crippen LogP contribution is 2.46. The fourth-order valence-corrected chi connectivity index (χ4v) is 4.50. The fourth-order valence-electron chi connectivity index (χ4n) is 4.50. The van der Waals surface area contributed by atoms with E-state index in [9.17, 15) is 4.79 Å². The zero-order valence-corrected chi connectivity index (χ0v) is 14.3. The summed E-state index contributed by atoms with van der Waals surface area (Å²) in [5, 5.41) is 2.66. The number of carbonyl (C=O) groups is 1. The molecule has 23 heavy (non-hydrogen) atoms. The lowest BCUT2D eigenvalue weighted by molar-refractivity contribution is -0.0366. The van der Waals surface area contributed by atoms with Crippen molar-refractivity contribution in [1.29, 1.82) is 0 Å². The van der Waals surface area contributed by atoms with Gasteiger partial charge in [0.05, 0.1) is 6.10 Å². The van der Waals surface area contributed by atoms with Gasteiger partial charge in [0.1, 0.15) is 0 Å². The Labute approximate surface area is 139 Å². The maximum absolute atomic E-state index is 11.6. The molecule has 1 N–H and O–H groups in total. The van der Waals surface area contributed by atoms with Crippen LogP contribution in [0.3, 0.4) is 0 Å². The molecule has 0 aromatic heterocycles. The molecule has 4 heteroatoms. The smallest absolute Gasteiger partial charge is 0.251 e. The van der Waals surface area contributed by atoms with Crippen LogP contribution in [0.5, 0.6) is 0 Å². The summed E-state index contributed by atoms with van der Waals surface area (Å²) in [6.07, 6.45) is 6.81. The molecule has 2 fully saturated rings. The molecular formula is C19H28N2O2. The van der Waals surface area contributed by atoms with E-state index in [1.807, 2.05) is 19.2 Å². The molecule has 1 spiro atoms. The third-order valence-electron chi connectivity index (χ3n) is 5.65. The molecule has 1 heterocycles. The third kappa shape index (κ3) is 3.43. The Balaban J connectivity index is 1.65. The summed E-state index contributed by atoms with van der Waals surface area (Å²) in [5.41, 5.74) is 2.37. The van der Waals surface area contributed by atoms with Crippen LogP contribution < -0.4 is 5.32 Å². The molecule has 0 bridgehead atoms. The minimum Gasteiger partial charge on any atom is -0.381 e. The van der Waals surface area contributed by atoms with Crippen molar-refractivity contribution in [1.82, 2.24) is 10.2 Å². The molecule has 1 amide bonds. The van der Waals surface area contributed by atoms with Crippen molar-refractivity contribution in [3.05, 3.63) is 35.4 Å². The minimum atomic E-state index is -0.0256. The van der Waals surface area contributed by atoms with Crippen LogP contribution in [0, 0.1) is 5.41 Å². The molecule has 0 radical (unpaired) electrons. The molecule has 2 atom stereocenters. The van der Waals surface area contributed by atoms with Crippen LogP contribution in [-0.4, -0.2) is 44.2 Å². The topological polar surface area (TPSA) is 41.6 Å². The van der Waals surface area contributed by atoms with Crippen LogP contribution >= 0.6 is 0 Å². The number of likely N-dealkylation sites (tertiary alicyclic amines) is 1. The van der Waals surface area contributed by atoms with E-state index >= 15 is 0 Å². The van der Waals surface area contributed by atoms with Gasteiger partial charge in [0.2, 0.25) is 0 Å². The molecule has 1 aromatic carbocycles. The summed E-state index contributed by atoms with van der Waals surface area (Å²) < 4.78 is 5.79. The maximum atomic E-state index is 11.6. The number of carbonyl (C=O) groups excluding carboxylic acids is 1. The van der Waals surface area contributed by atoms with E-state index in [-0.39, 0.29) is 5.91 Å². The fraction of sp³-hybridized carbons (Fsp3) is 0.632. The molecule has 1 aliphatic heterocycles. The number of hydrogen-bond acceptors (Lipinski definition) is 3. The Morgan fingerprint density at radius 3 is 2.74 bits per heavy atom. The standard InChI is InChI=1S/C19H28N2O2/c1-20-18(22)16-8-6-15(7-9-16)13-21-12-4-11-19(14-21)10-3-5-17(19)23-2/h6-9,17H,3-5,10-14H2,1-2H3,(H,20,22)/t17-,19+/m1/s1. The van der Waals surface area contributed by atoms with Crippen LogP contribution in [-0.2, 0) is 11.3 Å². The quantitative estimate of drug-likeness (QED) is 0.929. The monoisotopic (exact) mass is 316 g/mol. The Morgan fingerprint density at radius 1 is 1.30 bits per heavy atom. The van der Waals surface area contributed by atoms with Gasteiger partial charge in [0, 0.05) is 38.2 Å². The van der Waals surface area contributed by atoms with Crippen molar-refractivity contribution in [3.8, 4) is 0 Å². The van der Waals surface area contributed by atoms with Crippen molar-refractivity contribution in [2.24, 2.45) is 5.41 Å². The Kier molecular flexibility index (Phi) is 5.02. The number of ether oxygens (including phenoxy) is 1. The number of nitrogens with zero attached hydrogens (tertiary/aromatic N) is 1. The number of amides is 1. The highest BCUT2D eigenvalue weighted by Gasteiger charge is 2.45. The summed E-state index contributed by atoms with van der Waals surface area (Å²) in [6.45, 7) is 3.27. The van der Waals surface area contributed by atoms with Crippen LogP contribution in [0.25, 0.3) is 0 Å². The van der Waals surface area contributed by atoms with Gasteiger partial charge in [-0.05, 0) is 49.9 Å². The SMILES string of the molecule is CNC(=O)c1ccc(CN2CCC[C@@]3(CCC[C@H]3OC)C2)cc1. The predicted molar refractivity (Wildman–Crippen MR) is 91.4 cm³/mol. The van der Waals surface area contributed by atoms with Gasteiger partial charge in [-0.3, -0.25) is 9.69 Å². The highest BCUT2D eigenvalue weighted by atomic mass is 16.5. The van der Waals surface area contributed by atoms with Gasteiger partial charge >= 0.3 is 0 Å². The van der Waals surface area contributed by atoms with Gasteiger partial charge in [-0.1, -0.05) is 18.6 Å². The van der Waals surface area contributed by atoms with Gasteiger partial charge in [0.25, 0.3) is 5.91 Å². The van der Waals surface area contributed by atoms with Crippen LogP contribution in [0.4, 0.5) is 0 Å². The molecular weight excluding hydrogens is 288 g/mol. The number of piperidine rings is 1. The van der Waals surface area contributed by atoms with Crippen molar-refractivity contribution in [3.63, 3.8) is 0 Å². The zero-order chi connectivity index (χ0) is 16.3. The lowest BCUT2D eigenvalue weighted by Crippen LogP contribution is -2.47. The Hall–Kier alpha value is -1.39. The molecule has 4 nitrogen and oxygen atoms in total. The molecule has 2 aliphatic rings. The number of rotatable bonds is 4. The number of benzene rings is 1. The lowest BCUT2D eigenvalue weighted by Gasteiger charge is -2.43. The van der Waals surface area contributed by atoms with E-state index in [1.54, 1.807) is 7.05 Å². The summed E-state index contributed by atoms with van der Waals surface area (Å²) in [4.78, 5) is 14.2. The maximum Gasteiger partial charge on any atom is 0.251 e. The average Bonchev–Trinajstić information content (AvgIpc) is 2.96. The molecule has 1 aliphatic carbocycles. The van der Waals surface area contributed by atoms with Crippen LogP contribution in [0.15, 0.2) is 24.3 Å². The van der Waals surface area contributed by atoms with Gasteiger partial charge in [-0.2, -0.15) is 0 Å². The first kappa shape index (κ1) is 16.5. The summed E-state index contributed by atoms with van der Waals surface area (Å²) in [5.74, 6) is -0.0256. The molecule has 1 saturated heterocycles. The molecule has 3 rings (SSSR count). The van der Waals surface area contributed by atoms with E-state index in [0.29, 0.717) is 11.5 Å². The minimum absolute atomic E-state index is 0.0256. The molecule has 126 valence electrons. The normalized spacial score (nSPS) is 28.2. The number of methoxy groups -OCH3 is 1. The first-order chi connectivity index (χ1) is 11.2. The van der Waals surface area contributed by atoms with Crippen molar-refractivity contribution in [2.45, 2.75) is 44.8 Å². The second-order valence-corrected chi connectivity index (χ2v) is 7.07. The predicted octanol–water partition coefficient (Wildman–Crippen LogP) is 2.83. The van der Waals surface area contributed by atoms with E-state index in [2.05, 4.69) is 22.3 Å². The van der Waals surface area contributed by atoms with E-state index in [1.165, 1.54) is 37.7 Å². The van der Waals surface area contributed by atoms with E-state index < -0.39 is 0 Å². The largest absolute Gasteiger partial charge is 0.381 e.